The molecule has 3 heterocycles. The number of hydrogen-bond donors (Lipinski definition) is 4. The molecular weight excluding hydrogens is 631 g/mol. The van der Waals surface area contributed by atoms with Gasteiger partial charge >= 0.3 is 11.7 Å². The number of hydrogen-bond acceptors (Lipinski definition) is 8. The summed E-state index contributed by atoms with van der Waals surface area (Å²) < 4.78 is 22.5. The number of carbonyl (C=O) groups is 1. The number of H-pyrrole nitrogens is 2. The summed E-state index contributed by atoms with van der Waals surface area (Å²) in [6.07, 6.45) is 4.85. The largest absolute Gasteiger partial charge is 0.492 e. The number of anilines is 3. The minimum Gasteiger partial charge on any atom is -0.492 e. The second-order valence-electron chi connectivity index (χ2n) is 13.0. The molecule has 0 atom stereocenters. The number of carboxylic acid groups (broad SMARTS) is 1. The van der Waals surface area contributed by atoms with E-state index in [2.05, 4.69) is 34.0 Å². The third-order valence-electron chi connectivity index (χ3n) is 9.69. The van der Waals surface area contributed by atoms with Crippen LogP contribution >= 0.6 is 0 Å². The quantitative estimate of drug-likeness (QED) is 0.148. The number of nitrogens with zero attached hydrogens (tertiary/aromatic N) is 3. The number of pyridine rings is 1. The summed E-state index contributed by atoms with van der Waals surface area (Å²) >= 11 is 0. The molecule has 2 aromatic heterocycles. The zero-order valence-electron chi connectivity index (χ0n) is 28.2. The molecule has 2 fully saturated rings. The summed E-state index contributed by atoms with van der Waals surface area (Å²) in [6.45, 7) is 7.75. The number of methoxy groups -OCH3 is 1. The number of benzene rings is 2. The van der Waals surface area contributed by atoms with E-state index in [1.807, 2.05) is 23.1 Å². The molecular formula is C36H43FN6O6. The maximum Gasteiger partial charge on any atom is 0.341 e. The average Bonchev–Trinajstić information content (AvgIpc) is 3.92. The van der Waals surface area contributed by atoms with Gasteiger partial charge in [-0.15, -0.1) is 0 Å². The second-order valence-corrected chi connectivity index (χ2v) is 13.0. The summed E-state index contributed by atoms with van der Waals surface area (Å²) in [5.41, 5.74) is 2.33. The van der Waals surface area contributed by atoms with Gasteiger partial charge in [-0.2, -0.15) is 0 Å². The Labute approximate surface area is 282 Å². The Morgan fingerprint density at radius 3 is 2.41 bits per heavy atom. The lowest BCUT2D eigenvalue weighted by atomic mass is 10.0. The minimum atomic E-state index is -1.32. The Morgan fingerprint density at radius 2 is 1.76 bits per heavy atom. The number of aromatic amines is 2. The standard InChI is InChI=1S/C36H43FN6O6/c1-4-22-18-24(11-8-21(22)2)38-27-20-28(44)43(36(48)39-27)13-7-5-6-12-41-14-16-42(17-15-41)32-26(37)19-25-31(34(32)49-3)40-30(23-9-10-23)29(33(25)45)35(46)47/h8,11,18-20,23,38H,4-7,9-10,12-17H2,1-3H3,(H,39,48)(H,40,45)(H,46,47). The number of unbranched alkanes of at least 4 members (excludes halogenated alkanes) is 2. The highest BCUT2D eigenvalue weighted by Gasteiger charge is 2.33. The molecule has 1 aliphatic heterocycles. The van der Waals surface area contributed by atoms with Gasteiger partial charge in [-0.1, -0.05) is 19.4 Å². The molecule has 0 amide bonds. The van der Waals surface area contributed by atoms with Gasteiger partial charge in [-0.25, -0.2) is 14.0 Å². The first-order valence-electron chi connectivity index (χ1n) is 17.0. The van der Waals surface area contributed by atoms with Crippen molar-refractivity contribution in [1.29, 1.82) is 0 Å². The molecule has 2 aromatic carbocycles. The van der Waals surface area contributed by atoms with E-state index in [0.29, 0.717) is 56.2 Å². The number of rotatable bonds is 13. The zero-order valence-corrected chi connectivity index (χ0v) is 28.2. The van der Waals surface area contributed by atoms with Gasteiger partial charge in [0.05, 0.1) is 18.0 Å². The first-order chi connectivity index (χ1) is 23.6. The Hall–Kier alpha value is -4.91. The van der Waals surface area contributed by atoms with Gasteiger partial charge in [0.15, 0.2) is 11.6 Å². The Bertz CT molecular complexity index is 2030. The molecule has 2 aliphatic rings. The van der Waals surface area contributed by atoms with Crippen molar-refractivity contribution in [3.8, 4) is 5.75 Å². The van der Waals surface area contributed by atoms with E-state index in [1.165, 1.54) is 28.9 Å². The predicted octanol–water partition coefficient (Wildman–Crippen LogP) is 4.71. The molecule has 260 valence electrons. The van der Waals surface area contributed by atoms with Gasteiger partial charge in [0.1, 0.15) is 17.1 Å². The first kappa shape index (κ1) is 34.0. The van der Waals surface area contributed by atoms with Crippen LogP contribution in [0.1, 0.15) is 72.1 Å². The molecule has 13 heteroatoms. The smallest absolute Gasteiger partial charge is 0.341 e. The van der Waals surface area contributed by atoms with Gasteiger partial charge in [0, 0.05) is 56.1 Å². The molecule has 49 heavy (non-hydrogen) atoms. The first-order valence-corrected chi connectivity index (χ1v) is 17.0. The molecule has 0 spiro atoms. The van der Waals surface area contributed by atoms with Crippen LogP contribution < -0.4 is 31.6 Å². The number of piperazine rings is 1. The van der Waals surface area contributed by atoms with E-state index in [9.17, 15) is 24.3 Å². The Balaban J connectivity index is 1.03. The van der Waals surface area contributed by atoms with Crippen molar-refractivity contribution in [2.45, 2.75) is 64.8 Å². The molecule has 12 nitrogen and oxygen atoms in total. The van der Waals surface area contributed by atoms with E-state index >= 15 is 4.39 Å². The SMILES string of the molecule is CCc1cc(Nc2cc(=O)n(CCCCCN3CCN(c4c(F)cc5c(=O)c(C(=O)O)c(C6CC6)[nH]c5c4OC)CC3)c(=O)[nH]2)ccc1C. The van der Waals surface area contributed by atoms with Gasteiger partial charge in [0.2, 0.25) is 5.43 Å². The number of nitrogens with one attached hydrogen (secondary N) is 3. The molecule has 0 unspecified atom stereocenters. The number of fused-ring (bicyclic) bond motifs is 1. The Morgan fingerprint density at radius 1 is 1.02 bits per heavy atom. The summed E-state index contributed by atoms with van der Waals surface area (Å²) in [6, 6.07) is 8.48. The van der Waals surface area contributed by atoms with Crippen LogP contribution in [0.2, 0.25) is 0 Å². The van der Waals surface area contributed by atoms with E-state index in [-0.39, 0.29) is 33.9 Å². The molecule has 0 radical (unpaired) electrons. The fourth-order valence-electron chi connectivity index (χ4n) is 6.82. The minimum absolute atomic E-state index is 0.0342. The van der Waals surface area contributed by atoms with Crippen molar-refractivity contribution in [2.75, 3.05) is 50.1 Å². The van der Waals surface area contributed by atoms with Crippen LogP contribution in [0.15, 0.2) is 44.7 Å². The van der Waals surface area contributed by atoms with Crippen LogP contribution in [0, 0.1) is 12.7 Å². The summed E-state index contributed by atoms with van der Waals surface area (Å²) in [4.78, 5) is 60.6. The van der Waals surface area contributed by atoms with Crippen LogP contribution in [0.25, 0.3) is 10.9 Å². The Kier molecular flexibility index (Phi) is 9.91. The summed E-state index contributed by atoms with van der Waals surface area (Å²) in [5, 5.41) is 12.8. The lowest BCUT2D eigenvalue weighted by Crippen LogP contribution is -2.47. The second kappa shape index (κ2) is 14.3. The average molecular weight is 675 g/mol. The molecule has 1 aliphatic carbocycles. The zero-order chi connectivity index (χ0) is 34.8. The van der Waals surface area contributed by atoms with Crippen molar-refractivity contribution in [2.24, 2.45) is 0 Å². The van der Waals surface area contributed by atoms with E-state index in [4.69, 9.17) is 4.74 Å². The fraction of sp³-hybridized carbons (Fsp3) is 0.444. The molecule has 1 saturated heterocycles. The van der Waals surface area contributed by atoms with E-state index in [1.54, 1.807) is 0 Å². The van der Waals surface area contributed by atoms with Gasteiger partial charge in [-0.05, 0) is 74.9 Å². The highest BCUT2D eigenvalue weighted by Crippen LogP contribution is 2.43. The highest BCUT2D eigenvalue weighted by molar-refractivity contribution is 5.98. The van der Waals surface area contributed by atoms with Crippen molar-refractivity contribution in [3.05, 3.63) is 89.6 Å². The maximum atomic E-state index is 15.6. The number of halogens is 1. The maximum absolute atomic E-state index is 15.6. The normalized spacial score (nSPS) is 15.1. The molecule has 4 aromatic rings. The number of aromatic nitrogens is 3. The van der Waals surface area contributed by atoms with E-state index in [0.717, 1.165) is 50.4 Å². The van der Waals surface area contributed by atoms with Gasteiger partial charge in [-0.3, -0.25) is 24.0 Å². The van der Waals surface area contributed by atoms with Crippen molar-refractivity contribution < 1.29 is 19.0 Å². The van der Waals surface area contributed by atoms with Crippen LogP contribution in [-0.2, 0) is 13.0 Å². The third kappa shape index (κ3) is 7.12. The molecule has 6 rings (SSSR count). The fourth-order valence-corrected chi connectivity index (χ4v) is 6.82. The molecule has 0 bridgehead atoms. The topological polar surface area (TPSA) is 153 Å². The summed E-state index contributed by atoms with van der Waals surface area (Å²) in [5.74, 6) is -1.42. The highest BCUT2D eigenvalue weighted by atomic mass is 19.1. The molecule has 1 saturated carbocycles. The number of ether oxygens (including phenoxy) is 1. The third-order valence-corrected chi connectivity index (χ3v) is 9.69. The summed E-state index contributed by atoms with van der Waals surface area (Å²) in [7, 11) is 1.43. The van der Waals surface area contributed by atoms with E-state index < -0.39 is 22.9 Å². The van der Waals surface area contributed by atoms with Crippen LogP contribution in [0.5, 0.6) is 5.75 Å². The number of aromatic carboxylic acids is 1. The van der Waals surface area contributed by atoms with Crippen molar-refractivity contribution >= 4 is 34.1 Å². The lowest BCUT2D eigenvalue weighted by molar-refractivity contribution is 0.0694. The number of carboxylic acids is 1. The lowest BCUT2D eigenvalue weighted by Gasteiger charge is -2.37. The van der Waals surface area contributed by atoms with Crippen molar-refractivity contribution in [3.63, 3.8) is 0 Å². The number of aryl methyl sites for hydroxylation is 2. The predicted molar refractivity (Wildman–Crippen MR) is 188 cm³/mol. The van der Waals surface area contributed by atoms with Crippen LogP contribution in [0.4, 0.5) is 21.6 Å². The van der Waals surface area contributed by atoms with Crippen molar-refractivity contribution in [1.82, 2.24) is 19.4 Å². The van der Waals surface area contributed by atoms with Gasteiger partial charge in [0.25, 0.3) is 5.56 Å². The monoisotopic (exact) mass is 674 g/mol. The van der Waals surface area contributed by atoms with Gasteiger partial charge < -0.3 is 25.0 Å². The van der Waals surface area contributed by atoms with Crippen LogP contribution in [0.3, 0.4) is 0 Å². The van der Waals surface area contributed by atoms with Crippen LogP contribution in [-0.4, -0.2) is 70.3 Å². The molecule has 4 N–H and O–H groups in total.